The first kappa shape index (κ1) is 7.71. The molecule has 0 aliphatic heterocycles. The molecule has 0 spiro atoms. The van der Waals surface area contributed by atoms with Gasteiger partial charge < -0.3 is 5.73 Å². The molecule has 5 heteroatoms. The molecule has 0 unspecified atom stereocenters. The van der Waals surface area contributed by atoms with Crippen molar-refractivity contribution < 1.29 is 9.18 Å². The van der Waals surface area contributed by atoms with E-state index in [0.717, 1.165) is 0 Å². The van der Waals surface area contributed by atoms with E-state index in [-0.39, 0.29) is 11.4 Å². The minimum Gasteiger partial charge on any atom is -0.364 e. The molecule has 1 aromatic heterocycles. The Hall–Kier alpha value is -1.39. The van der Waals surface area contributed by atoms with Gasteiger partial charge in [0.15, 0.2) is 0 Å². The molecule has 0 aromatic carbocycles. The zero-order chi connectivity index (χ0) is 8.43. The van der Waals surface area contributed by atoms with Gasteiger partial charge in [0, 0.05) is 7.05 Å². The predicted molar refractivity (Wildman–Crippen MR) is 36.5 cm³/mol. The van der Waals surface area contributed by atoms with Gasteiger partial charge in [-0.3, -0.25) is 9.48 Å². The van der Waals surface area contributed by atoms with E-state index in [9.17, 15) is 9.18 Å². The lowest BCUT2D eigenvalue weighted by atomic mass is 10.3. The van der Waals surface area contributed by atoms with Crippen LogP contribution in [0.1, 0.15) is 16.2 Å². The number of amides is 1. The number of carbonyl (C=O) groups excluding carboxylic acids is 1. The number of nitrogens with zero attached hydrogens (tertiary/aromatic N) is 2. The third kappa shape index (κ3) is 1.36. The fourth-order valence-corrected chi connectivity index (χ4v) is 0.823. The van der Waals surface area contributed by atoms with Crippen LogP contribution in [0.4, 0.5) is 4.39 Å². The van der Waals surface area contributed by atoms with E-state index < -0.39 is 12.6 Å². The molecule has 60 valence electrons. The van der Waals surface area contributed by atoms with Gasteiger partial charge in [-0.2, -0.15) is 5.10 Å². The average molecular weight is 157 g/mol. The molecule has 0 fully saturated rings. The van der Waals surface area contributed by atoms with Crippen LogP contribution in [0.2, 0.25) is 0 Å². The lowest BCUT2D eigenvalue weighted by Gasteiger charge is -1.92. The maximum absolute atomic E-state index is 12.0. The van der Waals surface area contributed by atoms with Gasteiger partial charge in [-0.05, 0) is 6.07 Å². The van der Waals surface area contributed by atoms with Crippen molar-refractivity contribution in [2.75, 3.05) is 0 Å². The highest BCUT2D eigenvalue weighted by Gasteiger charge is 2.08. The summed E-state index contributed by atoms with van der Waals surface area (Å²) in [4.78, 5) is 10.6. The molecule has 0 aliphatic carbocycles. The number of halogens is 1. The van der Waals surface area contributed by atoms with E-state index in [1.165, 1.54) is 10.7 Å². The number of alkyl halides is 1. The Morgan fingerprint density at radius 2 is 2.55 bits per heavy atom. The summed E-state index contributed by atoms with van der Waals surface area (Å²) in [5, 5.41) is 3.69. The van der Waals surface area contributed by atoms with Crippen LogP contribution in [0, 0.1) is 0 Å². The third-order valence-electron chi connectivity index (χ3n) is 1.32. The van der Waals surface area contributed by atoms with Gasteiger partial charge in [0.05, 0.1) is 5.69 Å². The Morgan fingerprint density at radius 3 is 2.82 bits per heavy atom. The van der Waals surface area contributed by atoms with E-state index >= 15 is 0 Å². The highest BCUT2D eigenvalue weighted by molar-refractivity contribution is 5.91. The number of nitrogens with two attached hydrogens (primary N) is 1. The molecule has 11 heavy (non-hydrogen) atoms. The Balaban J connectivity index is 3.07. The minimum atomic E-state index is -0.679. The van der Waals surface area contributed by atoms with Crippen molar-refractivity contribution in [3.8, 4) is 0 Å². The first-order valence-corrected chi connectivity index (χ1v) is 3.04. The van der Waals surface area contributed by atoms with Crippen molar-refractivity contribution in [2.24, 2.45) is 12.8 Å². The predicted octanol–water partition coefficient (Wildman–Crippen LogP) is -0.0115. The number of primary amides is 1. The Labute approximate surface area is 62.8 Å². The van der Waals surface area contributed by atoms with Crippen LogP contribution in [0.15, 0.2) is 6.07 Å². The minimum absolute atomic E-state index is 0.220. The van der Waals surface area contributed by atoms with Crippen molar-refractivity contribution in [3.05, 3.63) is 17.5 Å². The van der Waals surface area contributed by atoms with Gasteiger partial charge >= 0.3 is 0 Å². The van der Waals surface area contributed by atoms with Gasteiger partial charge in [-0.25, -0.2) is 4.39 Å². The Morgan fingerprint density at radius 1 is 1.91 bits per heavy atom. The smallest absolute Gasteiger partial charge is 0.266 e. The molecule has 0 bridgehead atoms. The number of rotatable bonds is 2. The number of carbonyl (C=O) groups is 1. The summed E-state index contributed by atoms with van der Waals surface area (Å²) >= 11 is 0. The SMILES string of the molecule is Cn1nc(CF)cc1C(N)=O. The molecule has 0 saturated carbocycles. The summed E-state index contributed by atoms with van der Waals surface area (Å²) in [5.74, 6) is -0.597. The molecule has 0 saturated heterocycles. The first-order chi connectivity index (χ1) is 5.15. The molecule has 1 heterocycles. The van der Waals surface area contributed by atoms with Crippen molar-refractivity contribution in [3.63, 3.8) is 0 Å². The standard InChI is InChI=1S/C6H8FN3O/c1-10-5(6(8)11)2-4(3-7)9-10/h2H,3H2,1H3,(H2,8,11). The molecule has 1 aromatic rings. The maximum atomic E-state index is 12.0. The van der Waals surface area contributed by atoms with Crippen LogP contribution in [0.25, 0.3) is 0 Å². The van der Waals surface area contributed by atoms with Gasteiger partial charge in [0.25, 0.3) is 5.91 Å². The summed E-state index contributed by atoms with van der Waals surface area (Å²) in [6, 6.07) is 1.34. The largest absolute Gasteiger partial charge is 0.364 e. The topological polar surface area (TPSA) is 60.9 Å². The summed E-state index contributed by atoms with van der Waals surface area (Å²) in [6.07, 6.45) is 0. The normalized spacial score (nSPS) is 10.0. The van der Waals surface area contributed by atoms with E-state index in [1.54, 1.807) is 7.05 Å². The highest BCUT2D eigenvalue weighted by atomic mass is 19.1. The van der Waals surface area contributed by atoms with Gasteiger partial charge in [-0.15, -0.1) is 0 Å². The summed E-state index contributed by atoms with van der Waals surface area (Å²) in [5.41, 5.74) is 5.40. The van der Waals surface area contributed by atoms with E-state index in [4.69, 9.17) is 5.73 Å². The van der Waals surface area contributed by atoms with Crippen LogP contribution >= 0.6 is 0 Å². The molecule has 4 nitrogen and oxygen atoms in total. The molecule has 2 N–H and O–H groups in total. The second-order valence-electron chi connectivity index (χ2n) is 2.14. The number of hydrogen-bond donors (Lipinski definition) is 1. The van der Waals surface area contributed by atoms with Crippen molar-refractivity contribution >= 4 is 5.91 Å². The Bertz CT molecular complexity index is 281. The van der Waals surface area contributed by atoms with Crippen LogP contribution in [-0.2, 0) is 13.7 Å². The van der Waals surface area contributed by atoms with Crippen molar-refractivity contribution in [2.45, 2.75) is 6.67 Å². The van der Waals surface area contributed by atoms with Crippen molar-refractivity contribution in [1.29, 1.82) is 0 Å². The van der Waals surface area contributed by atoms with Crippen LogP contribution in [0.5, 0.6) is 0 Å². The average Bonchev–Trinajstić information content (AvgIpc) is 2.30. The summed E-state index contributed by atoms with van der Waals surface area (Å²) in [7, 11) is 1.54. The number of hydrogen-bond acceptors (Lipinski definition) is 2. The van der Waals surface area contributed by atoms with Crippen LogP contribution in [-0.4, -0.2) is 15.7 Å². The summed E-state index contributed by atoms with van der Waals surface area (Å²) in [6.45, 7) is -0.679. The molecule has 1 amide bonds. The fourth-order valence-electron chi connectivity index (χ4n) is 0.823. The number of aryl methyl sites for hydroxylation is 1. The second kappa shape index (κ2) is 2.69. The zero-order valence-electron chi connectivity index (χ0n) is 6.04. The molecular weight excluding hydrogens is 149 g/mol. The quantitative estimate of drug-likeness (QED) is 0.656. The Kier molecular flexibility index (Phi) is 1.89. The molecule has 0 atom stereocenters. The molecule has 1 rings (SSSR count). The summed E-state index contributed by atoms with van der Waals surface area (Å²) < 4.78 is 13.2. The highest BCUT2D eigenvalue weighted by Crippen LogP contribution is 2.02. The third-order valence-corrected chi connectivity index (χ3v) is 1.32. The molecule has 0 aliphatic rings. The first-order valence-electron chi connectivity index (χ1n) is 3.04. The second-order valence-corrected chi connectivity index (χ2v) is 2.14. The van der Waals surface area contributed by atoms with E-state index in [0.29, 0.717) is 0 Å². The lowest BCUT2D eigenvalue weighted by molar-refractivity contribution is 0.0991. The maximum Gasteiger partial charge on any atom is 0.266 e. The molecule has 0 radical (unpaired) electrons. The van der Waals surface area contributed by atoms with Crippen molar-refractivity contribution in [1.82, 2.24) is 9.78 Å². The van der Waals surface area contributed by atoms with Crippen LogP contribution < -0.4 is 5.73 Å². The van der Waals surface area contributed by atoms with E-state index in [1.807, 2.05) is 0 Å². The monoisotopic (exact) mass is 157 g/mol. The van der Waals surface area contributed by atoms with E-state index in [2.05, 4.69) is 5.10 Å². The van der Waals surface area contributed by atoms with Gasteiger partial charge in [0.2, 0.25) is 0 Å². The van der Waals surface area contributed by atoms with Crippen LogP contribution in [0.3, 0.4) is 0 Å². The molecular formula is C6H8FN3O. The zero-order valence-corrected chi connectivity index (χ0v) is 6.04. The fraction of sp³-hybridized carbons (Fsp3) is 0.333. The van der Waals surface area contributed by atoms with Gasteiger partial charge in [-0.1, -0.05) is 0 Å². The van der Waals surface area contributed by atoms with Gasteiger partial charge in [0.1, 0.15) is 12.4 Å². The lowest BCUT2D eigenvalue weighted by Crippen LogP contribution is -2.15. The number of aromatic nitrogens is 2.